The van der Waals surface area contributed by atoms with Gasteiger partial charge in [-0.3, -0.25) is 0 Å². The van der Waals surface area contributed by atoms with E-state index in [9.17, 15) is 0 Å². The second-order valence-corrected chi connectivity index (χ2v) is 4.57. The summed E-state index contributed by atoms with van der Waals surface area (Å²) in [6, 6.07) is 0.675. The lowest BCUT2D eigenvalue weighted by molar-refractivity contribution is 0.00711. The predicted octanol–water partition coefficient (Wildman–Crippen LogP) is 1.35. The van der Waals surface area contributed by atoms with Gasteiger partial charge in [0.2, 0.25) is 0 Å². The number of rotatable bonds is 5. The first-order valence-corrected chi connectivity index (χ1v) is 6.49. The van der Waals surface area contributed by atoms with E-state index in [-0.39, 0.29) is 0 Å². The third-order valence-corrected chi connectivity index (χ3v) is 3.53. The van der Waals surface area contributed by atoms with Crippen LogP contribution in [0.15, 0.2) is 6.33 Å². The third-order valence-electron chi connectivity index (χ3n) is 3.53. The first-order valence-electron chi connectivity index (χ1n) is 6.49. The van der Waals surface area contributed by atoms with E-state index in [0.29, 0.717) is 18.8 Å². The van der Waals surface area contributed by atoms with Crippen LogP contribution in [0.1, 0.15) is 38.4 Å². The molecule has 0 unspecified atom stereocenters. The first-order chi connectivity index (χ1) is 8.33. The Hall–Kier alpha value is -0.940. The number of nitrogens with one attached hydrogen (secondary N) is 1. The van der Waals surface area contributed by atoms with Gasteiger partial charge in [0.1, 0.15) is 12.9 Å². The Morgan fingerprint density at radius 1 is 1.41 bits per heavy atom. The van der Waals surface area contributed by atoms with Gasteiger partial charge in [0.15, 0.2) is 5.82 Å². The van der Waals surface area contributed by atoms with Gasteiger partial charge in [-0.1, -0.05) is 0 Å². The fourth-order valence-corrected chi connectivity index (χ4v) is 2.37. The molecule has 5 heteroatoms. The number of aryl methyl sites for hydroxylation is 1. The summed E-state index contributed by atoms with van der Waals surface area (Å²) in [7, 11) is 2.04. The Kier molecular flexibility index (Phi) is 4.50. The van der Waals surface area contributed by atoms with Crippen LogP contribution in [-0.4, -0.2) is 34.0 Å². The van der Waals surface area contributed by atoms with Crippen LogP contribution in [0.3, 0.4) is 0 Å². The molecule has 0 bridgehead atoms. The van der Waals surface area contributed by atoms with E-state index in [2.05, 4.69) is 22.3 Å². The average Bonchev–Trinajstić information content (AvgIpc) is 2.84. The molecule has 1 aromatic rings. The van der Waals surface area contributed by atoms with Crippen molar-refractivity contribution in [3.05, 3.63) is 12.2 Å². The van der Waals surface area contributed by atoms with Crippen LogP contribution in [-0.2, 0) is 17.9 Å². The van der Waals surface area contributed by atoms with E-state index < -0.39 is 0 Å². The summed E-state index contributed by atoms with van der Waals surface area (Å²) in [5.41, 5.74) is 0. The van der Waals surface area contributed by atoms with E-state index in [1.165, 1.54) is 12.8 Å². The van der Waals surface area contributed by atoms with Gasteiger partial charge in [-0.05, 0) is 39.7 Å². The minimum atomic E-state index is 0.390. The Balaban J connectivity index is 1.76. The Morgan fingerprint density at radius 3 is 2.82 bits per heavy atom. The molecule has 2 rings (SSSR count). The van der Waals surface area contributed by atoms with Gasteiger partial charge in [0.25, 0.3) is 0 Å². The van der Waals surface area contributed by atoms with Crippen molar-refractivity contribution in [2.75, 3.05) is 7.05 Å². The fourth-order valence-electron chi connectivity index (χ4n) is 2.37. The maximum atomic E-state index is 5.91. The average molecular weight is 238 g/mol. The van der Waals surface area contributed by atoms with Crippen molar-refractivity contribution in [1.82, 2.24) is 20.1 Å². The molecule has 17 heavy (non-hydrogen) atoms. The van der Waals surface area contributed by atoms with Gasteiger partial charge >= 0.3 is 0 Å². The molecule has 1 aliphatic carbocycles. The highest BCUT2D eigenvalue weighted by Crippen LogP contribution is 2.21. The highest BCUT2D eigenvalue weighted by atomic mass is 16.5. The van der Waals surface area contributed by atoms with Gasteiger partial charge in [-0.15, -0.1) is 0 Å². The number of aromatic nitrogens is 3. The molecule has 5 nitrogen and oxygen atoms in total. The molecular formula is C12H22N4O. The van der Waals surface area contributed by atoms with E-state index in [0.717, 1.165) is 25.2 Å². The zero-order valence-electron chi connectivity index (χ0n) is 10.7. The largest absolute Gasteiger partial charge is 0.370 e. The molecule has 1 N–H and O–H groups in total. The van der Waals surface area contributed by atoms with Crippen molar-refractivity contribution in [3.8, 4) is 0 Å². The van der Waals surface area contributed by atoms with Crippen LogP contribution in [0.5, 0.6) is 0 Å². The molecule has 1 fully saturated rings. The molecule has 0 aliphatic heterocycles. The Bertz CT molecular complexity index is 331. The first kappa shape index (κ1) is 12.5. The summed E-state index contributed by atoms with van der Waals surface area (Å²) in [6.07, 6.45) is 6.70. The van der Waals surface area contributed by atoms with Crippen LogP contribution in [0.2, 0.25) is 0 Å². The maximum absolute atomic E-state index is 5.91. The molecule has 0 amide bonds. The Morgan fingerprint density at radius 2 is 2.18 bits per heavy atom. The van der Waals surface area contributed by atoms with Crippen molar-refractivity contribution in [2.45, 2.75) is 57.9 Å². The second-order valence-electron chi connectivity index (χ2n) is 4.57. The molecule has 0 radical (unpaired) electrons. The summed E-state index contributed by atoms with van der Waals surface area (Å²) in [5.74, 6) is 0.934. The zero-order valence-corrected chi connectivity index (χ0v) is 10.7. The highest BCUT2D eigenvalue weighted by molar-refractivity contribution is 4.82. The van der Waals surface area contributed by atoms with Crippen LogP contribution < -0.4 is 5.32 Å². The quantitative estimate of drug-likeness (QED) is 0.841. The lowest BCUT2D eigenvalue weighted by Crippen LogP contribution is -2.33. The van der Waals surface area contributed by atoms with Crippen molar-refractivity contribution >= 4 is 0 Å². The van der Waals surface area contributed by atoms with Crippen molar-refractivity contribution in [3.63, 3.8) is 0 Å². The minimum Gasteiger partial charge on any atom is -0.370 e. The molecule has 0 atom stereocenters. The van der Waals surface area contributed by atoms with E-state index in [4.69, 9.17) is 4.74 Å². The SMILES string of the molecule is CCn1ncnc1COC1CCC(NC)CC1. The number of ether oxygens (including phenoxy) is 1. The number of hydrogen-bond donors (Lipinski definition) is 1. The van der Waals surface area contributed by atoms with Crippen molar-refractivity contribution < 1.29 is 4.74 Å². The molecule has 1 heterocycles. The summed E-state index contributed by atoms with van der Waals surface area (Å²) in [6.45, 7) is 3.50. The molecule has 96 valence electrons. The number of hydrogen-bond acceptors (Lipinski definition) is 4. The van der Waals surface area contributed by atoms with Gasteiger partial charge in [0.05, 0.1) is 6.10 Å². The molecule has 1 saturated carbocycles. The molecular weight excluding hydrogens is 216 g/mol. The smallest absolute Gasteiger partial charge is 0.152 e. The predicted molar refractivity (Wildman–Crippen MR) is 65.6 cm³/mol. The van der Waals surface area contributed by atoms with Crippen LogP contribution >= 0.6 is 0 Å². The second kappa shape index (κ2) is 6.12. The van der Waals surface area contributed by atoms with Crippen molar-refractivity contribution in [2.24, 2.45) is 0 Å². The third kappa shape index (κ3) is 3.26. The molecule has 0 saturated heterocycles. The van der Waals surface area contributed by atoms with Crippen LogP contribution in [0, 0.1) is 0 Å². The lowest BCUT2D eigenvalue weighted by Gasteiger charge is -2.28. The lowest BCUT2D eigenvalue weighted by atomic mass is 9.93. The fraction of sp³-hybridized carbons (Fsp3) is 0.833. The molecule has 0 aromatic carbocycles. The van der Waals surface area contributed by atoms with Gasteiger partial charge in [-0.25, -0.2) is 9.67 Å². The zero-order chi connectivity index (χ0) is 12.1. The van der Waals surface area contributed by atoms with Gasteiger partial charge < -0.3 is 10.1 Å². The summed E-state index contributed by atoms with van der Waals surface area (Å²) < 4.78 is 7.80. The molecule has 1 aliphatic rings. The van der Waals surface area contributed by atoms with Gasteiger partial charge in [0, 0.05) is 12.6 Å². The van der Waals surface area contributed by atoms with Crippen molar-refractivity contribution in [1.29, 1.82) is 0 Å². The maximum Gasteiger partial charge on any atom is 0.152 e. The van der Waals surface area contributed by atoms with E-state index >= 15 is 0 Å². The topological polar surface area (TPSA) is 52.0 Å². The summed E-state index contributed by atoms with van der Waals surface area (Å²) >= 11 is 0. The van der Waals surface area contributed by atoms with E-state index in [1.54, 1.807) is 6.33 Å². The van der Waals surface area contributed by atoms with Crippen LogP contribution in [0.25, 0.3) is 0 Å². The Labute approximate surface area is 103 Å². The summed E-state index contributed by atoms with van der Waals surface area (Å²) in [5, 5.41) is 7.47. The minimum absolute atomic E-state index is 0.390. The molecule has 0 spiro atoms. The highest BCUT2D eigenvalue weighted by Gasteiger charge is 2.20. The van der Waals surface area contributed by atoms with Crippen LogP contribution in [0.4, 0.5) is 0 Å². The standard InChI is InChI=1S/C12H22N4O/c1-3-16-12(14-9-15-16)8-17-11-6-4-10(13-2)5-7-11/h9-11,13H,3-8H2,1-2H3. The molecule has 1 aromatic heterocycles. The monoisotopic (exact) mass is 238 g/mol. The summed E-state index contributed by atoms with van der Waals surface area (Å²) in [4.78, 5) is 4.22. The number of nitrogens with zero attached hydrogens (tertiary/aromatic N) is 3. The van der Waals surface area contributed by atoms with E-state index in [1.807, 2.05) is 11.7 Å². The van der Waals surface area contributed by atoms with Gasteiger partial charge in [-0.2, -0.15) is 5.10 Å². The normalized spacial score (nSPS) is 25.1.